The van der Waals surface area contributed by atoms with E-state index >= 15 is 0 Å². The zero-order valence-electron chi connectivity index (χ0n) is 21.3. The monoisotopic (exact) mass is 501 g/mol. The van der Waals surface area contributed by atoms with E-state index in [1.54, 1.807) is 36.0 Å². The number of aldehydes is 1. The summed E-state index contributed by atoms with van der Waals surface area (Å²) in [5, 5.41) is 7.00. The largest absolute Gasteiger partial charge is 0.400 e. The van der Waals surface area contributed by atoms with E-state index in [0.29, 0.717) is 19.4 Å². The molecule has 2 aromatic carbocycles. The van der Waals surface area contributed by atoms with Gasteiger partial charge in [-0.2, -0.15) is 0 Å². The first-order valence-electron chi connectivity index (χ1n) is 11.8. The number of halogens is 2. The Morgan fingerprint density at radius 1 is 1.11 bits per heavy atom. The molecule has 0 fully saturated rings. The number of nitrogens with zero attached hydrogens (tertiary/aromatic N) is 1. The van der Waals surface area contributed by atoms with Gasteiger partial charge in [0.1, 0.15) is 17.9 Å². The molecule has 3 rings (SSSR count). The molecule has 0 aromatic heterocycles. The van der Waals surface area contributed by atoms with Crippen LogP contribution in [0.25, 0.3) is 0 Å². The van der Waals surface area contributed by atoms with E-state index in [4.69, 9.17) is 5.11 Å². The highest BCUT2D eigenvalue weighted by atomic mass is 32.2. The maximum atomic E-state index is 14.4. The van der Waals surface area contributed by atoms with Crippen LogP contribution in [-0.2, 0) is 11.2 Å². The van der Waals surface area contributed by atoms with E-state index < -0.39 is 0 Å². The van der Waals surface area contributed by atoms with Gasteiger partial charge in [-0.1, -0.05) is 49.9 Å². The Balaban J connectivity index is 0.00000145. The van der Waals surface area contributed by atoms with Crippen molar-refractivity contribution in [3.8, 4) is 0 Å². The molecule has 0 radical (unpaired) electrons. The van der Waals surface area contributed by atoms with Gasteiger partial charge in [0, 0.05) is 22.9 Å². The minimum Gasteiger partial charge on any atom is -0.400 e. The summed E-state index contributed by atoms with van der Waals surface area (Å²) < 4.78 is 27.7. The van der Waals surface area contributed by atoms with Crippen LogP contribution in [0.2, 0.25) is 0 Å². The standard InChI is InChI=1S/C26H27F2NOS.C2H6.CH4O/c1-3-19(24-18-22(28)8-6-9-25(24)29(2)15-16-30)17-20-7-4-5-10-26(20)31-23-13-11-21(27)12-14-23;2*1-2/h3-5,7-8,10-14,16,18,25H,6,9,15,17H2,1-2H3;1-2H3;2H,1H3/b19-3+;;. The molecule has 1 N–H and O–H groups in total. The third-order valence-corrected chi connectivity index (χ3v) is 6.57. The molecule has 1 atom stereocenters. The maximum Gasteiger partial charge on any atom is 0.133 e. The van der Waals surface area contributed by atoms with Gasteiger partial charge >= 0.3 is 0 Å². The molecule has 35 heavy (non-hydrogen) atoms. The Labute approximate surface area is 213 Å². The molecule has 0 heterocycles. The zero-order chi connectivity index (χ0) is 26.2. The molecule has 0 spiro atoms. The lowest BCUT2D eigenvalue weighted by Crippen LogP contribution is -2.35. The van der Waals surface area contributed by atoms with Gasteiger partial charge in [0.15, 0.2) is 0 Å². The SMILES string of the molecule is C/C=C(\Cc1ccccc1Sc1ccc(F)cc1)C1=CC(F)=CCCC1N(C)CC=O.CC.CO. The summed E-state index contributed by atoms with van der Waals surface area (Å²) in [4.78, 5) is 15.1. The number of hydrogen-bond acceptors (Lipinski definition) is 4. The van der Waals surface area contributed by atoms with Crippen molar-refractivity contribution < 1.29 is 18.7 Å². The van der Waals surface area contributed by atoms with E-state index in [0.717, 1.165) is 46.3 Å². The van der Waals surface area contributed by atoms with Gasteiger partial charge < -0.3 is 9.90 Å². The fourth-order valence-electron chi connectivity index (χ4n) is 3.80. The van der Waals surface area contributed by atoms with Crippen molar-refractivity contribution in [3.05, 3.63) is 95.1 Å². The van der Waals surface area contributed by atoms with Crippen LogP contribution in [0.1, 0.15) is 39.2 Å². The number of aliphatic hydroxyl groups excluding tert-OH is 1. The summed E-state index contributed by atoms with van der Waals surface area (Å²) in [6.07, 6.45) is 8.18. The number of allylic oxidation sites excluding steroid dienone is 4. The lowest BCUT2D eigenvalue weighted by molar-refractivity contribution is -0.108. The van der Waals surface area contributed by atoms with Crippen molar-refractivity contribution >= 4 is 18.0 Å². The number of aliphatic hydroxyl groups is 1. The smallest absolute Gasteiger partial charge is 0.133 e. The number of carbonyl (C=O) groups is 1. The van der Waals surface area contributed by atoms with E-state index in [2.05, 4.69) is 12.1 Å². The molecule has 0 amide bonds. The fraction of sp³-hybridized carbons (Fsp3) is 0.345. The minimum absolute atomic E-state index is 0.0298. The second kappa shape index (κ2) is 17.0. The topological polar surface area (TPSA) is 40.5 Å². The molecule has 3 nitrogen and oxygen atoms in total. The van der Waals surface area contributed by atoms with Crippen LogP contribution >= 0.6 is 11.8 Å². The van der Waals surface area contributed by atoms with Crippen molar-refractivity contribution in [3.63, 3.8) is 0 Å². The van der Waals surface area contributed by atoms with Crippen molar-refractivity contribution in [2.45, 2.75) is 55.9 Å². The lowest BCUT2D eigenvalue weighted by Gasteiger charge is -2.29. The highest BCUT2D eigenvalue weighted by Crippen LogP contribution is 2.35. The van der Waals surface area contributed by atoms with Crippen LogP contribution in [0.3, 0.4) is 0 Å². The predicted molar refractivity (Wildman–Crippen MR) is 143 cm³/mol. The third kappa shape index (κ3) is 9.55. The van der Waals surface area contributed by atoms with E-state index in [9.17, 15) is 13.6 Å². The summed E-state index contributed by atoms with van der Waals surface area (Å²) in [6.45, 7) is 6.27. The van der Waals surface area contributed by atoms with Crippen LogP contribution < -0.4 is 0 Å². The summed E-state index contributed by atoms with van der Waals surface area (Å²) in [5.74, 6) is -0.486. The fourth-order valence-corrected chi connectivity index (χ4v) is 4.75. The van der Waals surface area contributed by atoms with E-state index in [1.165, 1.54) is 12.1 Å². The number of benzene rings is 2. The van der Waals surface area contributed by atoms with Crippen molar-refractivity contribution in [2.24, 2.45) is 0 Å². The number of likely N-dealkylation sites (N-methyl/N-ethyl adjacent to an activating group) is 1. The quantitative estimate of drug-likeness (QED) is 0.389. The Hall–Kier alpha value is -2.54. The molecular formula is C29H37F2NO2S. The Morgan fingerprint density at radius 3 is 2.40 bits per heavy atom. The molecule has 6 heteroatoms. The molecule has 1 unspecified atom stereocenters. The van der Waals surface area contributed by atoms with Crippen molar-refractivity contribution in [1.82, 2.24) is 4.90 Å². The Kier molecular flexibility index (Phi) is 14.8. The summed E-state index contributed by atoms with van der Waals surface area (Å²) >= 11 is 1.59. The van der Waals surface area contributed by atoms with E-state index in [-0.39, 0.29) is 17.7 Å². The van der Waals surface area contributed by atoms with E-state index in [1.807, 2.05) is 50.9 Å². The van der Waals surface area contributed by atoms with Crippen LogP contribution in [0, 0.1) is 5.82 Å². The van der Waals surface area contributed by atoms with Gasteiger partial charge in [0.2, 0.25) is 0 Å². The normalized spacial score (nSPS) is 15.6. The molecule has 0 saturated carbocycles. The number of hydrogen-bond donors (Lipinski definition) is 1. The Bertz CT molecular complexity index is 1000. The zero-order valence-corrected chi connectivity index (χ0v) is 22.1. The molecule has 1 aliphatic rings. The van der Waals surface area contributed by atoms with Crippen molar-refractivity contribution in [1.29, 1.82) is 0 Å². The second-order valence-corrected chi connectivity index (χ2v) is 8.66. The predicted octanol–water partition coefficient (Wildman–Crippen LogP) is 7.17. The molecule has 190 valence electrons. The van der Waals surface area contributed by atoms with Gasteiger partial charge in [-0.05, 0) is 92.4 Å². The van der Waals surface area contributed by atoms with Gasteiger partial charge in [-0.15, -0.1) is 0 Å². The average Bonchev–Trinajstić information content (AvgIpc) is 3.08. The highest BCUT2D eigenvalue weighted by Gasteiger charge is 2.24. The average molecular weight is 502 g/mol. The lowest BCUT2D eigenvalue weighted by atomic mass is 9.90. The van der Waals surface area contributed by atoms with Crippen LogP contribution in [-0.4, -0.2) is 43.0 Å². The second-order valence-electron chi connectivity index (χ2n) is 7.54. The third-order valence-electron chi connectivity index (χ3n) is 5.44. The highest BCUT2D eigenvalue weighted by molar-refractivity contribution is 7.99. The summed E-state index contributed by atoms with van der Waals surface area (Å²) in [5.41, 5.74) is 3.08. The first-order valence-corrected chi connectivity index (χ1v) is 12.7. The van der Waals surface area contributed by atoms with Gasteiger partial charge in [-0.25, -0.2) is 8.78 Å². The van der Waals surface area contributed by atoms with Gasteiger partial charge in [-0.3, -0.25) is 4.90 Å². The molecule has 1 aliphatic carbocycles. The number of rotatable bonds is 8. The van der Waals surface area contributed by atoms with Crippen LogP contribution in [0.4, 0.5) is 8.78 Å². The van der Waals surface area contributed by atoms with Crippen LogP contribution in [0.5, 0.6) is 0 Å². The summed E-state index contributed by atoms with van der Waals surface area (Å²) in [6, 6.07) is 14.5. The molecule has 0 bridgehead atoms. The van der Waals surface area contributed by atoms with Gasteiger partial charge in [0.25, 0.3) is 0 Å². The molecule has 0 aliphatic heterocycles. The minimum atomic E-state index is -0.255. The number of carbonyl (C=O) groups excluding carboxylic acids is 1. The van der Waals surface area contributed by atoms with Gasteiger partial charge in [0.05, 0.1) is 6.54 Å². The maximum absolute atomic E-state index is 14.4. The Morgan fingerprint density at radius 2 is 1.77 bits per heavy atom. The molecule has 2 aromatic rings. The summed E-state index contributed by atoms with van der Waals surface area (Å²) in [7, 11) is 2.90. The van der Waals surface area contributed by atoms with Crippen molar-refractivity contribution in [2.75, 3.05) is 20.7 Å². The molecular weight excluding hydrogens is 464 g/mol. The molecule has 0 saturated heterocycles. The van der Waals surface area contributed by atoms with Crippen LogP contribution in [0.15, 0.2) is 93.5 Å². The first-order chi connectivity index (χ1) is 17.0. The first kappa shape index (κ1) is 30.5.